The fourth-order valence-corrected chi connectivity index (χ4v) is 2.38. The number of hydrogen-bond acceptors (Lipinski definition) is 1. The summed E-state index contributed by atoms with van der Waals surface area (Å²) in [5.41, 5.74) is 1.34. The molecule has 0 saturated carbocycles. The Morgan fingerprint density at radius 3 is 2.81 bits per heavy atom. The van der Waals surface area contributed by atoms with Crippen molar-refractivity contribution in [2.45, 2.75) is 18.8 Å². The van der Waals surface area contributed by atoms with Gasteiger partial charge >= 0.3 is 0 Å². The third kappa shape index (κ3) is 2.56. The van der Waals surface area contributed by atoms with E-state index >= 15 is 0 Å². The average Bonchev–Trinajstić information content (AvgIpc) is 2.80. The van der Waals surface area contributed by atoms with Gasteiger partial charge in [0, 0.05) is 31.3 Å². The van der Waals surface area contributed by atoms with Crippen LogP contribution in [0.15, 0.2) is 30.3 Å². The number of halogens is 1. The zero-order chi connectivity index (χ0) is 11.4. The molecule has 1 unspecified atom stereocenters. The SMILES string of the molecule is O=C(CCCl)N1CCC(c2ccccc2)C1. The second kappa shape index (κ2) is 5.35. The number of benzene rings is 1. The van der Waals surface area contributed by atoms with E-state index in [1.807, 2.05) is 11.0 Å². The molecule has 1 heterocycles. The first-order valence-corrected chi connectivity index (χ1v) is 6.23. The third-order valence-corrected chi connectivity index (χ3v) is 3.31. The van der Waals surface area contributed by atoms with E-state index in [0.29, 0.717) is 18.2 Å². The lowest BCUT2D eigenvalue weighted by Gasteiger charge is -2.16. The summed E-state index contributed by atoms with van der Waals surface area (Å²) < 4.78 is 0. The maximum absolute atomic E-state index is 11.7. The molecule has 86 valence electrons. The average molecular weight is 238 g/mol. The van der Waals surface area contributed by atoms with Gasteiger partial charge in [0.25, 0.3) is 0 Å². The molecule has 2 nitrogen and oxygen atoms in total. The molecule has 1 amide bonds. The van der Waals surface area contributed by atoms with Crippen molar-refractivity contribution >= 4 is 17.5 Å². The van der Waals surface area contributed by atoms with Crippen molar-refractivity contribution in [3.63, 3.8) is 0 Å². The van der Waals surface area contributed by atoms with Crippen LogP contribution in [0.2, 0.25) is 0 Å². The van der Waals surface area contributed by atoms with Gasteiger partial charge in [0.2, 0.25) is 5.91 Å². The van der Waals surface area contributed by atoms with Gasteiger partial charge in [0.1, 0.15) is 0 Å². The van der Waals surface area contributed by atoms with E-state index in [0.717, 1.165) is 19.5 Å². The number of rotatable bonds is 3. The van der Waals surface area contributed by atoms with E-state index in [4.69, 9.17) is 11.6 Å². The highest BCUT2D eigenvalue weighted by molar-refractivity contribution is 6.18. The Kier molecular flexibility index (Phi) is 3.83. The molecule has 1 aliphatic rings. The molecule has 1 aliphatic heterocycles. The Bertz CT molecular complexity index is 352. The minimum Gasteiger partial charge on any atom is -0.342 e. The van der Waals surface area contributed by atoms with Crippen LogP contribution in [0, 0.1) is 0 Å². The van der Waals surface area contributed by atoms with Crippen LogP contribution in [-0.2, 0) is 4.79 Å². The molecular formula is C13H16ClNO. The highest BCUT2D eigenvalue weighted by Gasteiger charge is 2.26. The number of carbonyl (C=O) groups excluding carboxylic acids is 1. The Hall–Kier alpha value is -1.02. The van der Waals surface area contributed by atoms with Crippen molar-refractivity contribution in [2.75, 3.05) is 19.0 Å². The molecule has 1 fully saturated rings. The van der Waals surface area contributed by atoms with Crippen molar-refractivity contribution in [3.05, 3.63) is 35.9 Å². The molecule has 0 aromatic heterocycles. The number of amides is 1. The number of hydrogen-bond donors (Lipinski definition) is 0. The van der Waals surface area contributed by atoms with Gasteiger partial charge in [-0.1, -0.05) is 30.3 Å². The highest BCUT2D eigenvalue weighted by Crippen LogP contribution is 2.27. The minimum atomic E-state index is 0.188. The molecule has 1 saturated heterocycles. The molecule has 1 aromatic rings. The zero-order valence-electron chi connectivity index (χ0n) is 9.23. The van der Waals surface area contributed by atoms with Crippen LogP contribution in [0.3, 0.4) is 0 Å². The third-order valence-electron chi connectivity index (χ3n) is 3.12. The monoisotopic (exact) mass is 237 g/mol. The van der Waals surface area contributed by atoms with Gasteiger partial charge in [0.05, 0.1) is 0 Å². The topological polar surface area (TPSA) is 20.3 Å². The summed E-state index contributed by atoms with van der Waals surface area (Å²) in [5, 5.41) is 0. The van der Waals surface area contributed by atoms with Gasteiger partial charge in [-0.2, -0.15) is 0 Å². The molecule has 0 N–H and O–H groups in total. The van der Waals surface area contributed by atoms with Crippen LogP contribution < -0.4 is 0 Å². The Morgan fingerprint density at radius 2 is 2.12 bits per heavy atom. The molecule has 2 rings (SSSR count). The summed E-state index contributed by atoms with van der Waals surface area (Å²) in [6, 6.07) is 10.4. The molecule has 0 bridgehead atoms. The lowest BCUT2D eigenvalue weighted by atomic mass is 9.99. The number of carbonyl (C=O) groups is 1. The predicted molar refractivity (Wildman–Crippen MR) is 65.7 cm³/mol. The Balaban J connectivity index is 1.96. The van der Waals surface area contributed by atoms with E-state index in [-0.39, 0.29) is 5.91 Å². The van der Waals surface area contributed by atoms with Crippen LogP contribution >= 0.6 is 11.6 Å². The number of nitrogens with zero attached hydrogens (tertiary/aromatic N) is 1. The zero-order valence-corrected chi connectivity index (χ0v) is 9.99. The van der Waals surface area contributed by atoms with Crippen molar-refractivity contribution < 1.29 is 4.79 Å². The molecule has 1 aromatic carbocycles. The molecule has 16 heavy (non-hydrogen) atoms. The van der Waals surface area contributed by atoms with E-state index < -0.39 is 0 Å². The lowest BCUT2D eigenvalue weighted by Crippen LogP contribution is -2.28. The summed E-state index contributed by atoms with van der Waals surface area (Å²) in [4.78, 5) is 13.6. The number of alkyl halides is 1. The van der Waals surface area contributed by atoms with Gasteiger partial charge in [-0.15, -0.1) is 11.6 Å². The molecule has 3 heteroatoms. The Labute approximate surface area is 101 Å². The van der Waals surface area contributed by atoms with E-state index in [2.05, 4.69) is 24.3 Å². The Morgan fingerprint density at radius 1 is 1.38 bits per heavy atom. The van der Waals surface area contributed by atoms with E-state index in [9.17, 15) is 4.79 Å². The normalized spacial score (nSPS) is 20.1. The maximum atomic E-state index is 11.7. The maximum Gasteiger partial charge on any atom is 0.223 e. The number of likely N-dealkylation sites (tertiary alicyclic amines) is 1. The van der Waals surface area contributed by atoms with Crippen molar-refractivity contribution in [2.24, 2.45) is 0 Å². The van der Waals surface area contributed by atoms with Crippen LogP contribution in [0.25, 0.3) is 0 Å². The first kappa shape index (κ1) is 11.5. The first-order chi connectivity index (χ1) is 7.81. The van der Waals surface area contributed by atoms with Gasteiger partial charge in [-0.25, -0.2) is 0 Å². The van der Waals surface area contributed by atoms with Gasteiger partial charge in [0.15, 0.2) is 0 Å². The molecule has 0 spiro atoms. The molecular weight excluding hydrogens is 222 g/mol. The summed E-state index contributed by atoms with van der Waals surface area (Å²) in [5.74, 6) is 1.11. The standard InChI is InChI=1S/C13H16ClNO/c14-8-6-13(16)15-9-7-12(10-15)11-4-2-1-3-5-11/h1-5,12H,6-10H2. The molecule has 1 atom stereocenters. The minimum absolute atomic E-state index is 0.188. The van der Waals surface area contributed by atoms with Crippen molar-refractivity contribution in [3.8, 4) is 0 Å². The van der Waals surface area contributed by atoms with Gasteiger partial charge in [-0.3, -0.25) is 4.79 Å². The quantitative estimate of drug-likeness (QED) is 0.741. The van der Waals surface area contributed by atoms with Crippen LogP contribution in [0.4, 0.5) is 0 Å². The molecule has 0 aliphatic carbocycles. The summed E-state index contributed by atoms with van der Waals surface area (Å²) >= 11 is 5.58. The predicted octanol–water partition coefficient (Wildman–Crippen LogP) is 2.63. The van der Waals surface area contributed by atoms with Crippen LogP contribution in [0.5, 0.6) is 0 Å². The largest absolute Gasteiger partial charge is 0.342 e. The van der Waals surface area contributed by atoms with Crippen molar-refractivity contribution in [1.29, 1.82) is 0 Å². The van der Waals surface area contributed by atoms with E-state index in [1.165, 1.54) is 5.56 Å². The summed E-state index contributed by atoms with van der Waals surface area (Å²) in [6.45, 7) is 1.72. The first-order valence-electron chi connectivity index (χ1n) is 5.70. The summed E-state index contributed by atoms with van der Waals surface area (Å²) in [7, 11) is 0. The molecule has 0 radical (unpaired) electrons. The van der Waals surface area contributed by atoms with Crippen molar-refractivity contribution in [1.82, 2.24) is 4.90 Å². The summed E-state index contributed by atoms with van der Waals surface area (Å²) in [6.07, 6.45) is 1.53. The van der Waals surface area contributed by atoms with Gasteiger partial charge < -0.3 is 4.90 Å². The van der Waals surface area contributed by atoms with Gasteiger partial charge in [-0.05, 0) is 12.0 Å². The van der Waals surface area contributed by atoms with Crippen LogP contribution in [0.1, 0.15) is 24.3 Å². The lowest BCUT2D eigenvalue weighted by molar-refractivity contribution is -0.129. The fraction of sp³-hybridized carbons (Fsp3) is 0.462. The second-order valence-corrected chi connectivity index (χ2v) is 4.55. The fourth-order valence-electron chi connectivity index (χ4n) is 2.22. The second-order valence-electron chi connectivity index (χ2n) is 4.18. The highest BCUT2D eigenvalue weighted by atomic mass is 35.5. The van der Waals surface area contributed by atoms with E-state index in [1.54, 1.807) is 0 Å². The smallest absolute Gasteiger partial charge is 0.223 e. The van der Waals surface area contributed by atoms with Crippen LogP contribution in [-0.4, -0.2) is 29.8 Å².